The normalized spacial score (nSPS) is 15.6. The lowest BCUT2D eigenvalue weighted by atomic mass is 10.1. The van der Waals surface area contributed by atoms with Crippen LogP contribution in [0.3, 0.4) is 0 Å². The van der Waals surface area contributed by atoms with Crippen molar-refractivity contribution in [2.75, 3.05) is 18.4 Å². The van der Waals surface area contributed by atoms with E-state index < -0.39 is 0 Å². The molecule has 1 fully saturated rings. The van der Waals surface area contributed by atoms with Crippen molar-refractivity contribution in [2.24, 2.45) is 4.99 Å². The molecule has 0 unspecified atom stereocenters. The Kier molecular flexibility index (Phi) is 4.96. The van der Waals surface area contributed by atoms with Crippen molar-refractivity contribution in [1.82, 2.24) is 4.90 Å². The highest BCUT2D eigenvalue weighted by atomic mass is 15.3. The molecular weight excluding hydrogens is 282 g/mol. The quantitative estimate of drug-likeness (QED) is 0.632. The minimum atomic E-state index is 0.961. The summed E-state index contributed by atoms with van der Waals surface area (Å²) in [4.78, 5) is 7.30. The summed E-state index contributed by atoms with van der Waals surface area (Å²) < 4.78 is 0. The zero-order valence-corrected chi connectivity index (χ0v) is 14.0. The lowest BCUT2D eigenvalue weighted by molar-refractivity contribution is 0.341. The molecule has 2 aromatic rings. The lowest BCUT2D eigenvalue weighted by Gasteiger charge is -2.30. The Morgan fingerprint density at radius 2 is 1.61 bits per heavy atom. The third kappa shape index (κ3) is 4.13. The van der Waals surface area contributed by atoms with Gasteiger partial charge in [0.05, 0.1) is 5.69 Å². The zero-order valence-electron chi connectivity index (χ0n) is 14.0. The van der Waals surface area contributed by atoms with Crippen molar-refractivity contribution in [1.29, 1.82) is 0 Å². The van der Waals surface area contributed by atoms with Gasteiger partial charge in [0.15, 0.2) is 0 Å². The second kappa shape index (κ2) is 7.32. The van der Waals surface area contributed by atoms with Crippen molar-refractivity contribution in [3.05, 3.63) is 59.7 Å². The summed E-state index contributed by atoms with van der Waals surface area (Å²) in [5.74, 6) is 0.961. The third-order valence-electron chi connectivity index (χ3n) is 4.31. The Morgan fingerprint density at radius 3 is 2.30 bits per heavy atom. The molecular formula is C20H25N3. The second-order valence-electron chi connectivity index (χ2n) is 6.26. The van der Waals surface area contributed by atoms with Crippen LogP contribution in [0.15, 0.2) is 53.5 Å². The summed E-state index contributed by atoms with van der Waals surface area (Å²) in [7, 11) is 0. The molecule has 3 nitrogen and oxygen atoms in total. The molecule has 2 aromatic carbocycles. The fourth-order valence-electron chi connectivity index (χ4n) is 2.85. The molecule has 0 atom stereocenters. The molecule has 23 heavy (non-hydrogen) atoms. The SMILES string of the molecule is Cc1ccc(NC(=Nc2ccccc2C)N2CCCCC2)cc1. The minimum Gasteiger partial charge on any atom is -0.342 e. The van der Waals surface area contributed by atoms with E-state index in [0.717, 1.165) is 30.4 Å². The average molecular weight is 307 g/mol. The van der Waals surface area contributed by atoms with Gasteiger partial charge in [-0.25, -0.2) is 4.99 Å². The molecule has 1 heterocycles. The summed E-state index contributed by atoms with van der Waals surface area (Å²) in [6, 6.07) is 16.8. The molecule has 1 saturated heterocycles. The van der Waals surface area contributed by atoms with Gasteiger partial charge in [-0.15, -0.1) is 0 Å². The van der Waals surface area contributed by atoms with Gasteiger partial charge in [-0.05, 0) is 56.9 Å². The molecule has 3 heteroatoms. The Morgan fingerprint density at radius 1 is 0.913 bits per heavy atom. The first-order chi connectivity index (χ1) is 11.2. The summed E-state index contributed by atoms with van der Waals surface area (Å²) in [6.45, 7) is 6.36. The molecule has 0 saturated carbocycles. The predicted octanol–water partition coefficient (Wildman–Crippen LogP) is 4.89. The zero-order chi connectivity index (χ0) is 16.1. The van der Waals surface area contributed by atoms with Crippen molar-refractivity contribution < 1.29 is 0 Å². The molecule has 0 amide bonds. The molecule has 1 aliphatic heterocycles. The molecule has 0 bridgehead atoms. The number of rotatable bonds is 2. The van der Waals surface area contributed by atoms with Crippen LogP contribution in [0.1, 0.15) is 30.4 Å². The van der Waals surface area contributed by atoms with Gasteiger partial charge < -0.3 is 10.2 Å². The van der Waals surface area contributed by atoms with Crippen LogP contribution in [-0.4, -0.2) is 23.9 Å². The number of hydrogen-bond donors (Lipinski definition) is 1. The van der Waals surface area contributed by atoms with Crippen LogP contribution in [-0.2, 0) is 0 Å². The largest absolute Gasteiger partial charge is 0.342 e. The van der Waals surface area contributed by atoms with Crippen molar-refractivity contribution in [2.45, 2.75) is 33.1 Å². The maximum absolute atomic E-state index is 4.93. The van der Waals surface area contributed by atoms with Gasteiger partial charge in [0, 0.05) is 18.8 Å². The maximum atomic E-state index is 4.93. The number of aryl methyl sites for hydroxylation is 2. The number of hydrogen-bond acceptors (Lipinski definition) is 1. The molecule has 0 aromatic heterocycles. The summed E-state index contributed by atoms with van der Waals surface area (Å²) in [6.07, 6.45) is 3.80. The number of benzene rings is 2. The molecule has 1 N–H and O–H groups in total. The van der Waals surface area contributed by atoms with Crippen LogP contribution in [0.5, 0.6) is 0 Å². The summed E-state index contributed by atoms with van der Waals surface area (Å²) >= 11 is 0. The average Bonchev–Trinajstić information content (AvgIpc) is 2.59. The molecule has 0 radical (unpaired) electrons. The maximum Gasteiger partial charge on any atom is 0.203 e. The van der Waals surface area contributed by atoms with Gasteiger partial charge in [-0.2, -0.15) is 0 Å². The van der Waals surface area contributed by atoms with E-state index in [1.165, 1.54) is 30.4 Å². The van der Waals surface area contributed by atoms with E-state index in [4.69, 9.17) is 4.99 Å². The van der Waals surface area contributed by atoms with Crippen molar-refractivity contribution in [3.63, 3.8) is 0 Å². The van der Waals surface area contributed by atoms with E-state index in [0.29, 0.717) is 0 Å². The molecule has 1 aliphatic rings. The third-order valence-corrected chi connectivity index (χ3v) is 4.31. The van der Waals surface area contributed by atoms with Gasteiger partial charge in [-0.3, -0.25) is 0 Å². The van der Waals surface area contributed by atoms with Crippen LogP contribution in [0, 0.1) is 13.8 Å². The number of likely N-dealkylation sites (tertiary alicyclic amines) is 1. The summed E-state index contributed by atoms with van der Waals surface area (Å²) in [5.41, 5.74) is 4.60. The molecule has 3 rings (SSSR count). The highest BCUT2D eigenvalue weighted by molar-refractivity contribution is 5.95. The highest BCUT2D eigenvalue weighted by Crippen LogP contribution is 2.20. The van der Waals surface area contributed by atoms with Crippen molar-refractivity contribution in [3.8, 4) is 0 Å². The Balaban J connectivity index is 1.89. The minimum absolute atomic E-state index is 0.961. The Hall–Kier alpha value is -2.29. The number of nitrogens with zero attached hydrogens (tertiary/aromatic N) is 2. The topological polar surface area (TPSA) is 27.6 Å². The number of guanidine groups is 1. The smallest absolute Gasteiger partial charge is 0.203 e. The van der Waals surface area contributed by atoms with Crippen LogP contribution >= 0.6 is 0 Å². The van der Waals surface area contributed by atoms with E-state index in [-0.39, 0.29) is 0 Å². The standard InChI is InChI=1S/C20H25N3/c1-16-10-12-18(13-11-16)21-20(23-14-6-3-7-15-23)22-19-9-5-4-8-17(19)2/h4-5,8-13H,3,6-7,14-15H2,1-2H3,(H,21,22). The first-order valence-electron chi connectivity index (χ1n) is 8.45. The van der Waals surface area contributed by atoms with Gasteiger partial charge >= 0.3 is 0 Å². The Labute approximate surface area is 139 Å². The Bertz CT molecular complexity index is 668. The number of nitrogens with one attached hydrogen (secondary N) is 1. The van der Waals surface area contributed by atoms with Crippen LogP contribution in [0.2, 0.25) is 0 Å². The highest BCUT2D eigenvalue weighted by Gasteiger charge is 2.15. The monoisotopic (exact) mass is 307 g/mol. The van der Waals surface area contributed by atoms with Gasteiger partial charge in [-0.1, -0.05) is 35.9 Å². The first-order valence-corrected chi connectivity index (χ1v) is 8.45. The molecule has 120 valence electrons. The fraction of sp³-hybridized carbons (Fsp3) is 0.350. The summed E-state index contributed by atoms with van der Waals surface area (Å²) in [5, 5.41) is 3.53. The van der Waals surface area contributed by atoms with E-state index >= 15 is 0 Å². The van der Waals surface area contributed by atoms with Crippen LogP contribution < -0.4 is 5.32 Å². The number of para-hydroxylation sites is 1. The number of anilines is 1. The first kappa shape index (κ1) is 15.6. The van der Waals surface area contributed by atoms with Crippen LogP contribution in [0.4, 0.5) is 11.4 Å². The number of piperidine rings is 1. The van der Waals surface area contributed by atoms with Gasteiger partial charge in [0.25, 0.3) is 0 Å². The molecule has 0 spiro atoms. The number of aliphatic imine (C=N–C) groups is 1. The van der Waals surface area contributed by atoms with Crippen LogP contribution in [0.25, 0.3) is 0 Å². The fourth-order valence-corrected chi connectivity index (χ4v) is 2.85. The lowest BCUT2D eigenvalue weighted by Crippen LogP contribution is -2.39. The predicted molar refractivity (Wildman–Crippen MR) is 98.5 cm³/mol. The second-order valence-corrected chi connectivity index (χ2v) is 6.26. The van der Waals surface area contributed by atoms with E-state index in [1.807, 2.05) is 6.07 Å². The van der Waals surface area contributed by atoms with E-state index in [9.17, 15) is 0 Å². The van der Waals surface area contributed by atoms with E-state index in [2.05, 4.69) is 66.5 Å². The van der Waals surface area contributed by atoms with Gasteiger partial charge in [0.2, 0.25) is 5.96 Å². The van der Waals surface area contributed by atoms with Crippen molar-refractivity contribution >= 4 is 17.3 Å². The van der Waals surface area contributed by atoms with Gasteiger partial charge in [0.1, 0.15) is 0 Å². The van der Waals surface area contributed by atoms with E-state index in [1.54, 1.807) is 0 Å². The molecule has 0 aliphatic carbocycles.